The normalized spacial score (nSPS) is 39.0. The van der Waals surface area contributed by atoms with E-state index in [-0.39, 0.29) is 5.60 Å². The van der Waals surface area contributed by atoms with Gasteiger partial charge in [0.05, 0.1) is 5.60 Å². The Morgan fingerprint density at radius 3 is 2.65 bits per heavy atom. The van der Waals surface area contributed by atoms with Crippen molar-refractivity contribution in [1.29, 1.82) is 0 Å². The van der Waals surface area contributed by atoms with Crippen molar-refractivity contribution in [3.8, 4) is 0 Å². The summed E-state index contributed by atoms with van der Waals surface area (Å²) < 4.78 is 6.26. The molecular formula is C17H32N2O. The average molecular weight is 280 g/mol. The van der Waals surface area contributed by atoms with E-state index in [2.05, 4.69) is 24.2 Å². The summed E-state index contributed by atoms with van der Waals surface area (Å²) in [5, 5.41) is 3.48. The molecule has 3 rings (SSSR count). The highest BCUT2D eigenvalue weighted by Crippen LogP contribution is 2.40. The zero-order valence-corrected chi connectivity index (χ0v) is 13.4. The topological polar surface area (TPSA) is 24.5 Å². The van der Waals surface area contributed by atoms with Crippen LogP contribution in [0.4, 0.5) is 0 Å². The molecule has 0 radical (unpaired) electrons. The molecule has 1 aliphatic carbocycles. The zero-order valence-electron chi connectivity index (χ0n) is 13.4. The van der Waals surface area contributed by atoms with E-state index in [4.69, 9.17) is 4.74 Å². The highest BCUT2D eigenvalue weighted by atomic mass is 16.5. The Balaban J connectivity index is 1.59. The minimum absolute atomic E-state index is 0.254. The second kappa shape index (κ2) is 6.33. The molecule has 3 aliphatic rings. The molecule has 3 fully saturated rings. The van der Waals surface area contributed by atoms with Crippen LogP contribution < -0.4 is 5.32 Å². The standard InChI is InChI=1S/C17H32N2O/c1-14-13-19(10-6-16(14)18-2)15-7-11-20-17(12-15)8-4-3-5-9-17/h14-16,18H,3-13H2,1-2H3. The number of nitrogens with zero attached hydrogens (tertiary/aromatic N) is 1. The maximum Gasteiger partial charge on any atom is 0.0697 e. The SMILES string of the molecule is CNC1CCN(C2CCOC3(CCCCC3)C2)CC1C. The number of likely N-dealkylation sites (tertiary alicyclic amines) is 1. The highest BCUT2D eigenvalue weighted by molar-refractivity contribution is 4.95. The molecule has 0 amide bonds. The Labute approximate surface area is 124 Å². The van der Waals surface area contributed by atoms with Gasteiger partial charge in [0, 0.05) is 25.2 Å². The van der Waals surface area contributed by atoms with Crippen molar-refractivity contribution in [2.75, 3.05) is 26.7 Å². The van der Waals surface area contributed by atoms with E-state index in [9.17, 15) is 0 Å². The second-order valence-electron chi connectivity index (χ2n) is 7.39. The Kier molecular flexibility index (Phi) is 4.68. The van der Waals surface area contributed by atoms with Gasteiger partial charge < -0.3 is 10.1 Å². The molecule has 3 heteroatoms. The summed E-state index contributed by atoms with van der Waals surface area (Å²) in [6.45, 7) is 5.94. The smallest absolute Gasteiger partial charge is 0.0697 e. The zero-order chi connectivity index (χ0) is 14.0. The van der Waals surface area contributed by atoms with Crippen LogP contribution in [0, 0.1) is 5.92 Å². The number of hydrogen-bond donors (Lipinski definition) is 1. The predicted octanol–water partition coefficient (Wildman–Crippen LogP) is 2.80. The lowest BCUT2D eigenvalue weighted by atomic mass is 9.77. The molecule has 0 aromatic rings. The lowest BCUT2D eigenvalue weighted by molar-refractivity contribution is -0.127. The van der Waals surface area contributed by atoms with E-state index in [0.717, 1.165) is 24.6 Å². The Morgan fingerprint density at radius 1 is 1.15 bits per heavy atom. The van der Waals surface area contributed by atoms with Crippen molar-refractivity contribution >= 4 is 0 Å². The number of hydrogen-bond acceptors (Lipinski definition) is 3. The van der Waals surface area contributed by atoms with Crippen LogP contribution >= 0.6 is 0 Å². The first-order valence-corrected chi connectivity index (χ1v) is 8.78. The molecule has 3 atom stereocenters. The third-order valence-electron chi connectivity index (χ3n) is 6.06. The lowest BCUT2D eigenvalue weighted by Gasteiger charge is -2.49. The van der Waals surface area contributed by atoms with Crippen molar-refractivity contribution in [2.24, 2.45) is 5.92 Å². The first-order chi connectivity index (χ1) is 9.72. The fourth-order valence-corrected chi connectivity index (χ4v) is 4.80. The third-order valence-corrected chi connectivity index (χ3v) is 6.06. The van der Waals surface area contributed by atoms with Crippen molar-refractivity contribution in [2.45, 2.75) is 76.0 Å². The number of ether oxygens (including phenoxy) is 1. The Morgan fingerprint density at radius 2 is 1.95 bits per heavy atom. The van der Waals surface area contributed by atoms with Crippen LogP contribution in [-0.2, 0) is 4.74 Å². The van der Waals surface area contributed by atoms with Gasteiger partial charge in [0.15, 0.2) is 0 Å². The molecule has 1 saturated carbocycles. The number of piperidine rings is 1. The molecule has 2 aliphatic heterocycles. The van der Waals surface area contributed by atoms with E-state index in [1.165, 1.54) is 64.5 Å². The summed E-state index contributed by atoms with van der Waals surface area (Å²) in [5.41, 5.74) is 0.254. The van der Waals surface area contributed by atoms with Gasteiger partial charge in [0.2, 0.25) is 0 Å². The average Bonchev–Trinajstić information content (AvgIpc) is 2.48. The van der Waals surface area contributed by atoms with Gasteiger partial charge in [0.25, 0.3) is 0 Å². The molecule has 3 unspecified atom stereocenters. The summed E-state index contributed by atoms with van der Waals surface area (Å²) in [6, 6.07) is 1.50. The minimum Gasteiger partial charge on any atom is -0.375 e. The summed E-state index contributed by atoms with van der Waals surface area (Å²) in [7, 11) is 2.11. The summed E-state index contributed by atoms with van der Waals surface area (Å²) in [5.74, 6) is 0.777. The van der Waals surface area contributed by atoms with Crippen molar-refractivity contribution in [3.05, 3.63) is 0 Å². The van der Waals surface area contributed by atoms with Gasteiger partial charge in [0.1, 0.15) is 0 Å². The first-order valence-electron chi connectivity index (χ1n) is 8.78. The summed E-state index contributed by atoms with van der Waals surface area (Å²) in [6.07, 6.45) is 10.7. The van der Waals surface area contributed by atoms with Crippen LogP contribution in [0.1, 0.15) is 58.3 Å². The highest BCUT2D eigenvalue weighted by Gasteiger charge is 2.41. The maximum absolute atomic E-state index is 6.26. The molecule has 116 valence electrons. The molecule has 0 bridgehead atoms. The van der Waals surface area contributed by atoms with Crippen molar-refractivity contribution in [1.82, 2.24) is 10.2 Å². The largest absolute Gasteiger partial charge is 0.375 e. The number of nitrogens with one attached hydrogen (secondary N) is 1. The molecule has 1 N–H and O–H groups in total. The van der Waals surface area contributed by atoms with Crippen molar-refractivity contribution < 1.29 is 4.74 Å². The van der Waals surface area contributed by atoms with Crippen molar-refractivity contribution in [3.63, 3.8) is 0 Å². The minimum atomic E-state index is 0.254. The van der Waals surface area contributed by atoms with E-state index in [1.807, 2.05) is 0 Å². The number of rotatable bonds is 2. The summed E-state index contributed by atoms with van der Waals surface area (Å²) >= 11 is 0. The molecule has 2 saturated heterocycles. The van der Waals surface area contributed by atoms with Crippen LogP contribution in [-0.4, -0.2) is 49.3 Å². The fraction of sp³-hybridized carbons (Fsp3) is 1.00. The van der Waals surface area contributed by atoms with Crippen LogP contribution in [0.2, 0.25) is 0 Å². The van der Waals surface area contributed by atoms with E-state index in [1.54, 1.807) is 0 Å². The van der Waals surface area contributed by atoms with E-state index >= 15 is 0 Å². The molecular weight excluding hydrogens is 248 g/mol. The van der Waals surface area contributed by atoms with Gasteiger partial charge in [-0.25, -0.2) is 0 Å². The van der Waals surface area contributed by atoms with Crippen LogP contribution in [0.3, 0.4) is 0 Å². The molecule has 3 nitrogen and oxygen atoms in total. The Hall–Kier alpha value is -0.120. The van der Waals surface area contributed by atoms with Crippen LogP contribution in [0.25, 0.3) is 0 Å². The quantitative estimate of drug-likeness (QED) is 0.842. The van der Waals surface area contributed by atoms with E-state index in [0.29, 0.717) is 0 Å². The molecule has 20 heavy (non-hydrogen) atoms. The molecule has 0 aromatic heterocycles. The fourth-order valence-electron chi connectivity index (χ4n) is 4.80. The molecule has 0 aromatic carbocycles. The van der Waals surface area contributed by atoms with Crippen LogP contribution in [0.15, 0.2) is 0 Å². The first kappa shape index (κ1) is 14.8. The van der Waals surface area contributed by atoms with E-state index < -0.39 is 0 Å². The van der Waals surface area contributed by atoms with Gasteiger partial charge in [-0.05, 0) is 51.6 Å². The summed E-state index contributed by atoms with van der Waals surface area (Å²) in [4.78, 5) is 2.78. The molecule has 2 heterocycles. The van der Waals surface area contributed by atoms with Crippen LogP contribution in [0.5, 0.6) is 0 Å². The molecule has 1 spiro atoms. The second-order valence-corrected chi connectivity index (χ2v) is 7.39. The van der Waals surface area contributed by atoms with Gasteiger partial charge >= 0.3 is 0 Å². The lowest BCUT2D eigenvalue weighted by Crippen LogP contribution is -2.55. The van der Waals surface area contributed by atoms with Gasteiger partial charge in [-0.15, -0.1) is 0 Å². The monoisotopic (exact) mass is 280 g/mol. The Bertz CT molecular complexity index is 309. The maximum atomic E-state index is 6.26. The van der Waals surface area contributed by atoms with Gasteiger partial charge in [-0.3, -0.25) is 4.90 Å². The van der Waals surface area contributed by atoms with Gasteiger partial charge in [-0.1, -0.05) is 26.2 Å². The predicted molar refractivity (Wildman–Crippen MR) is 83.0 cm³/mol. The van der Waals surface area contributed by atoms with Gasteiger partial charge in [-0.2, -0.15) is 0 Å². The third kappa shape index (κ3) is 3.05.